The Hall–Kier alpha value is -3.41. The number of rotatable bonds is 7. The van der Waals surface area contributed by atoms with E-state index >= 15 is 0 Å². The Balaban J connectivity index is 1.92. The topological polar surface area (TPSA) is 93.5 Å². The van der Waals surface area contributed by atoms with E-state index in [-0.39, 0.29) is 5.57 Å². The molecule has 1 heterocycles. The number of carboxylic acids is 1. The third kappa shape index (κ3) is 5.14. The highest BCUT2D eigenvalue weighted by molar-refractivity contribution is 6.50. The standard InChI is InChI=1S/C24H27N3O3/c1-16(2)15-27-12-6-7-18-13-17(10-11-21(18)27)14-20(22(25)24(29)30)23(28)26-19-8-4-3-5-9-19/h3-5,8-11,13-14,16,25H,6-7,12,15H2,1-2H3,(H,26,28)(H,29,30)/b20-14-,25-22?. The first kappa shape index (κ1) is 21.3. The van der Waals surface area contributed by atoms with Crippen molar-refractivity contribution in [1.29, 1.82) is 5.41 Å². The number of aryl methyl sites for hydroxylation is 1. The number of fused-ring (bicyclic) bond motifs is 1. The molecule has 3 N–H and O–H groups in total. The maximum atomic E-state index is 12.7. The van der Waals surface area contributed by atoms with Crippen LogP contribution in [0.1, 0.15) is 31.4 Å². The second-order valence-corrected chi connectivity index (χ2v) is 7.89. The van der Waals surface area contributed by atoms with Gasteiger partial charge in [-0.05, 0) is 60.2 Å². The maximum absolute atomic E-state index is 12.7. The van der Waals surface area contributed by atoms with E-state index in [4.69, 9.17) is 5.41 Å². The molecule has 0 atom stereocenters. The summed E-state index contributed by atoms with van der Waals surface area (Å²) in [5.74, 6) is -1.50. The lowest BCUT2D eigenvalue weighted by atomic mass is 9.96. The number of para-hydroxylation sites is 1. The summed E-state index contributed by atoms with van der Waals surface area (Å²) in [5, 5.41) is 19.9. The number of aliphatic carboxylic acids is 1. The van der Waals surface area contributed by atoms with Gasteiger partial charge < -0.3 is 15.3 Å². The van der Waals surface area contributed by atoms with Gasteiger partial charge in [0.2, 0.25) is 0 Å². The maximum Gasteiger partial charge on any atom is 0.354 e. The van der Waals surface area contributed by atoms with Crippen LogP contribution in [0.4, 0.5) is 11.4 Å². The first-order valence-corrected chi connectivity index (χ1v) is 10.1. The average Bonchev–Trinajstić information content (AvgIpc) is 2.71. The molecule has 1 aliphatic heterocycles. The van der Waals surface area contributed by atoms with Crippen molar-refractivity contribution in [3.05, 3.63) is 65.2 Å². The van der Waals surface area contributed by atoms with Crippen molar-refractivity contribution < 1.29 is 14.7 Å². The molecule has 0 unspecified atom stereocenters. The molecule has 0 bridgehead atoms. The molecular weight excluding hydrogens is 378 g/mol. The van der Waals surface area contributed by atoms with E-state index < -0.39 is 17.6 Å². The van der Waals surface area contributed by atoms with E-state index in [0.717, 1.165) is 25.9 Å². The molecule has 6 heteroatoms. The van der Waals surface area contributed by atoms with Gasteiger partial charge in [0.15, 0.2) is 5.71 Å². The number of amides is 1. The second-order valence-electron chi connectivity index (χ2n) is 7.89. The monoisotopic (exact) mass is 405 g/mol. The number of hydrogen-bond acceptors (Lipinski definition) is 4. The molecule has 0 saturated heterocycles. The van der Waals surface area contributed by atoms with Gasteiger partial charge in [-0.3, -0.25) is 10.2 Å². The van der Waals surface area contributed by atoms with E-state index in [9.17, 15) is 14.7 Å². The lowest BCUT2D eigenvalue weighted by molar-refractivity contribution is -0.129. The molecule has 1 amide bonds. The van der Waals surface area contributed by atoms with Gasteiger partial charge in [0, 0.05) is 24.5 Å². The van der Waals surface area contributed by atoms with Gasteiger partial charge in [-0.2, -0.15) is 0 Å². The van der Waals surface area contributed by atoms with Crippen LogP contribution in [0.5, 0.6) is 0 Å². The van der Waals surface area contributed by atoms with Crippen molar-refractivity contribution in [2.45, 2.75) is 26.7 Å². The minimum atomic E-state index is -1.44. The zero-order valence-electron chi connectivity index (χ0n) is 17.3. The van der Waals surface area contributed by atoms with Gasteiger partial charge in [-0.1, -0.05) is 38.1 Å². The Bertz CT molecular complexity index is 980. The van der Waals surface area contributed by atoms with Crippen LogP contribution in [-0.4, -0.2) is 35.8 Å². The molecule has 30 heavy (non-hydrogen) atoms. The number of hydrogen-bond donors (Lipinski definition) is 3. The van der Waals surface area contributed by atoms with Crippen molar-refractivity contribution in [3.8, 4) is 0 Å². The first-order valence-electron chi connectivity index (χ1n) is 10.1. The summed E-state index contributed by atoms with van der Waals surface area (Å²) in [4.78, 5) is 26.5. The molecule has 0 saturated carbocycles. The van der Waals surface area contributed by atoms with E-state index in [1.807, 2.05) is 24.3 Å². The minimum Gasteiger partial charge on any atom is -0.477 e. The molecule has 1 aliphatic rings. The number of benzene rings is 2. The number of anilines is 2. The number of carbonyl (C=O) groups is 2. The fraction of sp³-hybridized carbons (Fsp3) is 0.292. The highest BCUT2D eigenvalue weighted by Gasteiger charge is 2.22. The highest BCUT2D eigenvalue weighted by Crippen LogP contribution is 2.29. The Morgan fingerprint density at radius 3 is 2.60 bits per heavy atom. The number of nitrogens with one attached hydrogen (secondary N) is 2. The van der Waals surface area contributed by atoms with Crippen LogP contribution in [0, 0.1) is 11.3 Å². The second kappa shape index (κ2) is 9.39. The molecule has 0 aromatic heterocycles. The summed E-state index contributed by atoms with van der Waals surface area (Å²) >= 11 is 0. The third-order valence-corrected chi connectivity index (χ3v) is 4.97. The minimum absolute atomic E-state index is 0.179. The zero-order valence-corrected chi connectivity index (χ0v) is 17.3. The van der Waals surface area contributed by atoms with Crippen LogP contribution in [-0.2, 0) is 16.0 Å². The van der Waals surface area contributed by atoms with Crippen molar-refractivity contribution in [1.82, 2.24) is 0 Å². The van der Waals surface area contributed by atoms with Crippen LogP contribution >= 0.6 is 0 Å². The van der Waals surface area contributed by atoms with Gasteiger partial charge in [-0.15, -0.1) is 0 Å². The summed E-state index contributed by atoms with van der Waals surface area (Å²) in [7, 11) is 0. The van der Waals surface area contributed by atoms with E-state index in [1.54, 1.807) is 24.3 Å². The Morgan fingerprint density at radius 1 is 1.20 bits per heavy atom. The molecule has 2 aromatic carbocycles. The summed E-state index contributed by atoms with van der Waals surface area (Å²) in [6.07, 6.45) is 3.48. The van der Waals surface area contributed by atoms with Crippen molar-refractivity contribution in [2.24, 2.45) is 5.92 Å². The van der Waals surface area contributed by atoms with E-state index in [0.29, 0.717) is 17.2 Å². The van der Waals surface area contributed by atoms with Gasteiger partial charge in [-0.25, -0.2) is 4.79 Å². The number of carboxylic acid groups (broad SMARTS) is 1. The Labute approximate surface area is 176 Å². The van der Waals surface area contributed by atoms with Gasteiger partial charge in [0.25, 0.3) is 5.91 Å². The number of carbonyl (C=O) groups excluding carboxylic acids is 1. The molecule has 6 nitrogen and oxygen atoms in total. The Kier molecular flexibility index (Phi) is 6.67. The van der Waals surface area contributed by atoms with Crippen molar-refractivity contribution in [2.75, 3.05) is 23.3 Å². The quantitative estimate of drug-likeness (QED) is 0.475. The summed E-state index contributed by atoms with van der Waals surface area (Å²) in [5.41, 5.74) is 2.71. The van der Waals surface area contributed by atoms with Crippen LogP contribution in [0.15, 0.2) is 54.1 Å². The van der Waals surface area contributed by atoms with Gasteiger partial charge in [0.05, 0.1) is 5.57 Å². The molecule has 3 rings (SSSR count). The molecular formula is C24H27N3O3. The third-order valence-electron chi connectivity index (χ3n) is 4.97. The van der Waals surface area contributed by atoms with E-state index in [1.165, 1.54) is 17.3 Å². The largest absolute Gasteiger partial charge is 0.477 e. The fourth-order valence-corrected chi connectivity index (χ4v) is 3.67. The van der Waals surface area contributed by atoms with Crippen LogP contribution in [0.3, 0.4) is 0 Å². The van der Waals surface area contributed by atoms with Gasteiger partial charge >= 0.3 is 5.97 Å². The highest BCUT2D eigenvalue weighted by atomic mass is 16.4. The molecule has 0 spiro atoms. The predicted octanol–water partition coefficient (Wildman–Crippen LogP) is 4.22. The van der Waals surface area contributed by atoms with Crippen LogP contribution in [0.2, 0.25) is 0 Å². The van der Waals surface area contributed by atoms with Crippen molar-refractivity contribution in [3.63, 3.8) is 0 Å². The lowest BCUT2D eigenvalue weighted by Crippen LogP contribution is -2.32. The number of nitrogens with zero attached hydrogens (tertiary/aromatic N) is 1. The summed E-state index contributed by atoms with van der Waals surface area (Å²) < 4.78 is 0. The molecule has 2 aromatic rings. The molecule has 0 aliphatic carbocycles. The fourth-order valence-electron chi connectivity index (χ4n) is 3.67. The SMILES string of the molecule is CC(C)CN1CCCc2cc(/C=C(/C(=N)C(=O)O)C(=O)Nc3ccccc3)ccc21. The summed E-state index contributed by atoms with van der Waals surface area (Å²) in [6.45, 7) is 6.40. The van der Waals surface area contributed by atoms with Gasteiger partial charge in [0.1, 0.15) is 0 Å². The average molecular weight is 405 g/mol. The van der Waals surface area contributed by atoms with Crippen LogP contribution < -0.4 is 10.2 Å². The zero-order chi connectivity index (χ0) is 21.7. The molecule has 0 radical (unpaired) electrons. The first-order chi connectivity index (χ1) is 14.3. The van der Waals surface area contributed by atoms with Crippen molar-refractivity contribution >= 4 is 35.0 Å². The normalized spacial score (nSPS) is 13.7. The molecule has 0 fully saturated rings. The van der Waals surface area contributed by atoms with Crippen LogP contribution in [0.25, 0.3) is 6.08 Å². The predicted molar refractivity (Wildman–Crippen MR) is 120 cm³/mol. The van der Waals surface area contributed by atoms with E-state index in [2.05, 4.69) is 24.1 Å². The molecule has 156 valence electrons. The summed E-state index contributed by atoms with van der Waals surface area (Å²) in [6, 6.07) is 14.7. The Morgan fingerprint density at radius 2 is 1.93 bits per heavy atom. The lowest BCUT2D eigenvalue weighted by Gasteiger charge is -2.33. The smallest absolute Gasteiger partial charge is 0.354 e.